The third-order valence-corrected chi connectivity index (χ3v) is 5.83. The molecule has 1 fully saturated rings. The van der Waals surface area contributed by atoms with Gasteiger partial charge in [0.25, 0.3) is 0 Å². The minimum absolute atomic E-state index is 0.0555. The van der Waals surface area contributed by atoms with Crippen LogP contribution in [0.1, 0.15) is 26.0 Å². The van der Waals surface area contributed by atoms with Gasteiger partial charge in [-0.05, 0) is 6.92 Å². The molecule has 1 saturated heterocycles. The third kappa shape index (κ3) is 4.32. The molecule has 13 heteroatoms. The van der Waals surface area contributed by atoms with Crippen molar-refractivity contribution in [2.24, 2.45) is 16.6 Å². The summed E-state index contributed by atoms with van der Waals surface area (Å²) in [4.78, 5) is 43.4. The minimum atomic E-state index is -1.62. The van der Waals surface area contributed by atoms with Crippen LogP contribution in [0.25, 0.3) is 0 Å². The highest BCUT2D eigenvalue weighted by molar-refractivity contribution is 6.03. The normalized spacial score (nSPS) is 20.5. The number of nitrogens with zero attached hydrogens (tertiary/aromatic N) is 5. The molecular weight excluding hydrogens is 455 g/mol. The first-order valence-electron chi connectivity index (χ1n) is 10.5. The Morgan fingerprint density at radius 2 is 1.88 bits per heavy atom. The number of carbonyl (C=O) groups excluding carboxylic acids is 3. The zero-order chi connectivity index (χ0) is 24.7. The molecule has 4 amide bonds. The number of halogens is 3. The second-order valence-corrected chi connectivity index (χ2v) is 8.28. The number of benzene rings is 1. The fraction of sp³-hybridized carbons (Fsp3) is 0.381. The molecule has 0 aliphatic carbocycles. The average molecular weight is 477 g/mol. The zero-order valence-corrected chi connectivity index (χ0v) is 18.4. The van der Waals surface area contributed by atoms with Crippen molar-refractivity contribution < 1.29 is 27.6 Å². The van der Waals surface area contributed by atoms with E-state index in [4.69, 9.17) is 5.73 Å². The molecule has 2 aromatic rings. The van der Waals surface area contributed by atoms with Gasteiger partial charge in [0.05, 0.1) is 36.7 Å². The standard InChI is InChI=1S/C21H22F3N7O3/c1-10-7-31-17(9-29(10)21(34)28-13-4-14(22)19(24)15(23)5-13)16(6-26-31)30-8-12(3-18(30)33)20(25)27-11(2)32/h4-6,10,12H,3,7-9H2,1-2H3,(H,28,34)(H2,25,27,32)/t10-,12?/m0/s1. The number of aromatic nitrogens is 2. The molecule has 3 heterocycles. The molecule has 1 aromatic carbocycles. The lowest BCUT2D eigenvalue weighted by Gasteiger charge is -2.35. The van der Waals surface area contributed by atoms with Crippen molar-refractivity contribution in [2.45, 2.75) is 39.4 Å². The summed E-state index contributed by atoms with van der Waals surface area (Å²) >= 11 is 0. The Kier molecular flexibility index (Phi) is 6.02. The van der Waals surface area contributed by atoms with Gasteiger partial charge in [-0.2, -0.15) is 5.10 Å². The van der Waals surface area contributed by atoms with Crippen LogP contribution in [0, 0.1) is 23.4 Å². The Hall–Kier alpha value is -3.90. The van der Waals surface area contributed by atoms with Gasteiger partial charge in [0, 0.05) is 43.6 Å². The number of rotatable bonds is 3. The second kappa shape index (κ2) is 8.80. The van der Waals surface area contributed by atoms with Crippen LogP contribution in [-0.2, 0) is 22.7 Å². The molecule has 2 aliphatic rings. The minimum Gasteiger partial charge on any atom is -0.387 e. The number of urea groups is 1. The van der Waals surface area contributed by atoms with Gasteiger partial charge in [-0.25, -0.2) is 23.0 Å². The summed E-state index contributed by atoms with van der Waals surface area (Å²) in [5.74, 6) is -5.50. The lowest BCUT2D eigenvalue weighted by Crippen LogP contribution is -2.47. The molecule has 34 heavy (non-hydrogen) atoms. The lowest BCUT2D eigenvalue weighted by molar-refractivity contribution is -0.117. The predicted molar refractivity (Wildman–Crippen MR) is 115 cm³/mol. The number of hydrogen-bond donors (Lipinski definition) is 2. The number of hydrogen-bond acceptors (Lipinski definition) is 4. The van der Waals surface area contributed by atoms with E-state index in [0.717, 1.165) is 0 Å². The van der Waals surface area contributed by atoms with Gasteiger partial charge < -0.3 is 20.9 Å². The fourth-order valence-corrected chi connectivity index (χ4v) is 4.12. The van der Waals surface area contributed by atoms with E-state index in [1.54, 1.807) is 11.6 Å². The summed E-state index contributed by atoms with van der Waals surface area (Å²) in [5, 5.41) is 6.70. The smallest absolute Gasteiger partial charge is 0.322 e. The van der Waals surface area contributed by atoms with E-state index in [-0.39, 0.29) is 43.0 Å². The first-order valence-corrected chi connectivity index (χ1v) is 10.5. The fourth-order valence-electron chi connectivity index (χ4n) is 4.12. The van der Waals surface area contributed by atoms with E-state index < -0.39 is 35.3 Å². The van der Waals surface area contributed by atoms with Gasteiger partial charge >= 0.3 is 6.03 Å². The van der Waals surface area contributed by atoms with Crippen molar-refractivity contribution in [1.82, 2.24) is 14.7 Å². The van der Waals surface area contributed by atoms with E-state index in [2.05, 4.69) is 15.4 Å². The lowest BCUT2D eigenvalue weighted by atomic mass is 10.1. The van der Waals surface area contributed by atoms with Gasteiger partial charge in [-0.1, -0.05) is 0 Å². The van der Waals surface area contributed by atoms with Gasteiger partial charge in [0.2, 0.25) is 11.8 Å². The Morgan fingerprint density at radius 1 is 1.21 bits per heavy atom. The molecule has 10 nitrogen and oxygen atoms in total. The Morgan fingerprint density at radius 3 is 2.53 bits per heavy atom. The summed E-state index contributed by atoms with van der Waals surface area (Å²) in [5.41, 5.74) is 6.72. The van der Waals surface area contributed by atoms with E-state index in [1.807, 2.05) is 0 Å². The van der Waals surface area contributed by atoms with Crippen molar-refractivity contribution in [3.63, 3.8) is 0 Å². The van der Waals surface area contributed by atoms with Crippen molar-refractivity contribution in [2.75, 3.05) is 16.8 Å². The molecule has 4 rings (SSSR count). The third-order valence-electron chi connectivity index (χ3n) is 5.83. The number of fused-ring (bicyclic) bond motifs is 1. The van der Waals surface area contributed by atoms with Gasteiger partial charge in [-0.3, -0.25) is 14.3 Å². The number of nitrogens with two attached hydrogens (primary N) is 1. The molecule has 1 aromatic heterocycles. The van der Waals surface area contributed by atoms with E-state index in [0.29, 0.717) is 30.1 Å². The largest absolute Gasteiger partial charge is 0.387 e. The van der Waals surface area contributed by atoms with Crippen LogP contribution in [0.4, 0.5) is 29.3 Å². The molecule has 0 radical (unpaired) electrons. The highest BCUT2D eigenvalue weighted by atomic mass is 19.2. The molecule has 3 N–H and O–H groups in total. The summed E-state index contributed by atoms with van der Waals surface area (Å²) in [6, 6.07) is 0.392. The first-order chi connectivity index (χ1) is 16.0. The van der Waals surface area contributed by atoms with Gasteiger partial charge in [-0.15, -0.1) is 0 Å². The molecule has 0 saturated carbocycles. The van der Waals surface area contributed by atoms with E-state index in [9.17, 15) is 27.6 Å². The molecule has 0 bridgehead atoms. The summed E-state index contributed by atoms with van der Waals surface area (Å²) in [6.07, 6.45) is 1.60. The summed E-state index contributed by atoms with van der Waals surface area (Å²) in [6.45, 7) is 3.61. The number of amides is 4. The SMILES string of the molecule is CC(=O)N=C(N)C1CC(=O)N(c2cnn3c2CN(C(=O)Nc2cc(F)c(F)c(F)c2)[C@@H](C)C3)C1. The van der Waals surface area contributed by atoms with Gasteiger partial charge in [0.1, 0.15) is 5.84 Å². The topological polar surface area (TPSA) is 126 Å². The number of anilines is 2. The maximum Gasteiger partial charge on any atom is 0.322 e. The quantitative estimate of drug-likeness (QED) is 0.397. The van der Waals surface area contributed by atoms with Crippen LogP contribution in [0.3, 0.4) is 0 Å². The van der Waals surface area contributed by atoms with Crippen molar-refractivity contribution >= 4 is 35.1 Å². The second-order valence-electron chi connectivity index (χ2n) is 8.28. The van der Waals surface area contributed by atoms with Crippen LogP contribution in [0.5, 0.6) is 0 Å². The summed E-state index contributed by atoms with van der Waals surface area (Å²) in [7, 11) is 0. The number of amidine groups is 1. The highest BCUT2D eigenvalue weighted by Gasteiger charge is 2.37. The predicted octanol–water partition coefficient (Wildman–Crippen LogP) is 1.99. The Labute approximate surface area is 192 Å². The van der Waals surface area contributed by atoms with E-state index >= 15 is 0 Å². The van der Waals surface area contributed by atoms with Crippen molar-refractivity contribution in [3.8, 4) is 0 Å². The maximum atomic E-state index is 13.5. The van der Waals surface area contributed by atoms with Crippen LogP contribution < -0.4 is 16.0 Å². The molecule has 2 atom stereocenters. The number of nitrogens with one attached hydrogen (secondary N) is 1. The molecule has 180 valence electrons. The van der Waals surface area contributed by atoms with E-state index in [1.165, 1.54) is 22.9 Å². The number of aliphatic imine (C=N–C) groups is 1. The molecular formula is C21H22F3N7O3. The van der Waals surface area contributed by atoms with Gasteiger partial charge in [0.15, 0.2) is 17.5 Å². The summed E-state index contributed by atoms with van der Waals surface area (Å²) < 4.78 is 41.9. The average Bonchev–Trinajstić information content (AvgIpc) is 3.33. The van der Waals surface area contributed by atoms with Crippen LogP contribution in [0.15, 0.2) is 23.3 Å². The Bertz CT molecular complexity index is 1190. The molecule has 1 unspecified atom stereocenters. The zero-order valence-electron chi connectivity index (χ0n) is 18.4. The van der Waals surface area contributed by atoms with Crippen molar-refractivity contribution in [3.05, 3.63) is 41.5 Å². The van der Waals surface area contributed by atoms with Crippen molar-refractivity contribution in [1.29, 1.82) is 0 Å². The molecule has 2 aliphatic heterocycles. The van der Waals surface area contributed by atoms with Crippen LogP contribution in [-0.4, -0.2) is 50.9 Å². The molecule has 0 spiro atoms. The van der Waals surface area contributed by atoms with Crippen LogP contribution >= 0.6 is 0 Å². The highest BCUT2D eigenvalue weighted by Crippen LogP contribution is 2.32. The van der Waals surface area contributed by atoms with Crippen LogP contribution in [0.2, 0.25) is 0 Å². The Balaban J connectivity index is 1.54. The maximum absolute atomic E-state index is 13.5. The number of carbonyl (C=O) groups is 3. The monoisotopic (exact) mass is 477 g/mol. The first kappa shape index (κ1) is 23.3.